The molecular formula is C88H86Cl2N6O12S4. The molecule has 24 heteroatoms. The number of benzene rings is 7. The molecule has 0 spiro atoms. The number of amidine groups is 1. The fraction of sp³-hybridized carbons (Fsp3) is 0.273. The molecule has 6 aliphatic heterocycles. The lowest BCUT2D eigenvalue weighted by Gasteiger charge is -2.42. The number of allylic oxidation sites excluding steroid dienone is 5. The van der Waals surface area contributed by atoms with Crippen molar-refractivity contribution in [1.29, 1.82) is 0 Å². The standard InChI is InChI=1S/C23H24Cl2O4.C18H20N2O5S.C18H17NO2.C17H14N2S.C12H11NOS2/c1-22(2)7-14(26)19-16(9-22)29-17-10-23(3,4)8-15(27)20(17)18(19)11-5-12(24)21(28)13(25)6-11;1-24-14-9-12(10-15-17(22)19-18(23)26-15)5-6-13(14)25-11-16(21)20-7-3-2-4-8-20;1-14-9-11-16(12-10-14)18(21)19-13-5-8-17(20)15-6-3-2-4-7-15;1-2-4-13(5-3-1)14-6-8-15(9-7-14)16-12-20-17-18-10-11-19(16)17;1-2-8-3-5-9(6-4-8)7-10-11(14)13-12(15)16-10/h5-6,18,28H,7-10H2,1-4H3;5-6,9-10H,2-4,7-8,11H2,1H3,(H,19,22,23);2-12H,13H2,1H3,(H,19,21);1-9,12H,10-11H2;3-7H,2H2,1H3,(H,13,14,15)/b;15-10-;8-5+;;10-7+. The van der Waals surface area contributed by atoms with Crippen LogP contribution in [0.25, 0.3) is 29.0 Å². The van der Waals surface area contributed by atoms with E-state index < -0.39 is 11.8 Å². The topological polar surface area (TPSA) is 239 Å². The number of hydrogen-bond donors (Lipinski definition) is 4. The number of carbonyl (C=O) groups is 8. The molecule has 578 valence electrons. The highest BCUT2D eigenvalue weighted by Crippen LogP contribution is 2.54. The Balaban J connectivity index is 0.000000140. The molecule has 7 aromatic carbocycles. The first kappa shape index (κ1) is 82.9. The zero-order chi connectivity index (χ0) is 79.8. The van der Waals surface area contributed by atoms with E-state index in [0.717, 1.165) is 79.9 Å². The van der Waals surface area contributed by atoms with E-state index in [9.17, 15) is 43.5 Å². The Bertz CT molecular complexity index is 4940. The number of nitrogens with zero attached hydrogens (tertiary/aromatic N) is 3. The number of phenolic OH excluding ortho intramolecular Hbond substituents is 1. The molecule has 112 heavy (non-hydrogen) atoms. The van der Waals surface area contributed by atoms with Gasteiger partial charge in [0.2, 0.25) is 0 Å². The number of aliphatic imine (C=N–C) groups is 1. The predicted octanol–water partition coefficient (Wildman–Crippen LogP) is 18.5. The Morgan fingerprint density at radius 3 is 1.85 bits per heavy atom. The van der Waals surface area contributed by atoms with Crippen LogP contribution in [-0.2, 0) is 35.1 Å². The van der Waals surface area contributed by atoms with Gasteiger partial charge in [-0.25, -0.2) is 0 Å². The van der Waals surface area contributed by atoms with Gasteiger partial charge in [0, 0.05) is 85.5 Å². The highest BCUT2D eigenvalue weighted by atomic mass is 35.5. The normalized spacial score (nSPS) is 18.0. The number of aromatic hydroxyl groups is 1. The molecule has 0 radical (unpaired) electrons. The Morgan fingerprint density at radius 2 is 1.26 bits per heavy atom. The Kier molecular flexibility index (Phi) is 28.1. The molecule has 3 saturated heterocycles. The van der Waals surface area contributed by atoms with Gasteiger partial charge in [0.15, 0.2) is 46.4 Å². The van der Waals surface area contributed by atoms with Crippen molar-refractivity contribution < 1.29 is 57.7 Å². The number of halogens is 2. The van der Waals surface area contributed by atoms with Crippen LogP contribution < -0.4 is 25.4 Å². The summed E-state index contributed by atoms with van der Waals surface area (Å²) < 4.78 is 17.7. The lowest BCUT2D eigenvalue weighted by atomic mass is 9.65. The number of ketones is 3. The van der Waals surface area contributed by atoms with Crippen molar-refractivity contribution in [3.8, 4) is 28.4 Å². The average molecular weight is 1620 g/mol. The minimum atomic E-state index is -0.573. The van der Waals surface area contributed by atoms with Crippen molar-refractivity contribution in [3.63, 3.8) is 0 Å². The molecule has 18 nitrogen and oxygen atoms in total. The first-order valence-electron chi connectivity index (χ1n) is 36.7. The molecule has 0 unspecified atom stereocenters. The second kappa shape index (κ2) is 38.0. The predicted molar refractivity (Wildman–Crippen MR) is 452 cm³/mol. The van der Waals surface area contributed by atoms with Gasteiger partial charge in [0.1, 0.15) is 15.8 Å². The van der Waals surface area contributed by atoms with Crippen LogP contribution in [0.15, 0.2) is 219 Å². The molecule has 0 saturated carbocycles. The summed E-state index contributed by atoms with van der Waals surface area (Å²) in [7, 11) is 1.51. The summed E-state index contributed by atoms with van der Waals surface area (Å²) in [5.41, 5.74) is 11.7. The molecule has 6 heterocycles. The Morgan fingerprint density at radius 1 is 0.679 bits per heavy atom. The van der Waals surface area contributed by atoms with Crippen molar-refractivity contribution in [3.05, 3.63) is 268 Å². The number of nitrogens with one attached hydrogen (secondary N) is 3. The van der Waals surface area contributed by atoms with E-state index in [1.807, 2.05) is 94.1 Å². The summed E-state index contributed by atoms with van der Waals surface area (Å²) in [5.74, 6) is 0.609. The van der Waals surface area contributed by atoms with Crippen molar-refractivity contribution >= 4 is 144 Å². The molecule has 2 aliphatic carbocycles. The number of amides is 5. The zero-order valence-electron chi connectivity index (χ0n) is 63.1. The molecule has 4 N–H and O–H groups in total. The lowest BCUT2D eigenvalue weighted by Crippen LogP contribution is -2.38. The summed E-state index contributed by atoms with van der Waals surface area (Å²) in [6.07, 6.45) is 12.9. The lowest BCUT2D eigenvalue weighted by molar-refractivity contribution is -0.134. The van der Waals surface area contributed by atoms with Crippen molar-refractivity contribution in [1.82, 2.24) is 25.8 Å². The summed E-state index contributed by atoms with van der Waals surface area (Å²) in [6.45, 7) is 16.0. The van der Waals surface area contributed by atoms with E-state index in [1.165, 1.54) is 52.9 Å². The van der Waals surface area contributed by atoms with Gasteiger partial charge in [-0.2, -0.15) is 0 Å². The van der Waals surface area contributed by atoms with Gasteiger partial charge >= 0.3 is 0 Å². The average Bonchev–Trinajstić information content (AvgIpc) is 0.777. The summed E-state index contributed by atoms with van der Waals surface area (Å²) >= 11 is 21.2. The molecule has 15 rings (SSSR count). The number of piperidine rings is 1. The number of carbonyl (C=O) groups excluding carboxylic acids is 8. The first-order chi connectivity index (χ1) is 53.7. The van der Waals surface area contributed by atoms with E-state index in [1.54, 1.807) is 78.5 Å². The van der Waals surface area contributed by atoms with Crippen LogP contribution in [0.5, 0.6) is 17.2 Å². The Hall–Kier alpha value is -10.1. The van der Waals surface area contributed by atoms with Crippen molar-refractivity contribution in [2.24, 2.45) is 15.8 Å². The monoisotopic (exact) mass is 1620 g/mol. The summed E-state index contributed by atoms with van der Waals surface area (Å²) in [5, 5.41) is 20.7. The number of fused-ring (bicyclic) bond motifs is 1. The van der Waals surface area contributed by atoms with Crippen LogP contribution in [-0.4, -0.2) is 117 Å². The van der Waals surface area contributed by atoms with E-state index in [0.29, 0.717) is 103 Å². The number of Topliss-reactive ketones (excluding diaryl/α,β-unsaturated/α-hetero) is 2. The van der Waals surface area contributed by atoms with Crippen molar-refractivity contribution in [2.45, 2.75) is 98.8 Å². The molecule has 5 amide bonds. The Labute approximate surface area is 680 Å². The third-order valence-corrected chi connectivity index (χ3v) is 22.6. The van der Waals surface area contributed by atoms with Crippen LogP contribution in [0, 0.1) is 17.8 Å². The third-order valence-electron chi connectivity index (χ3n) is 19.1. The molecule has 7 aromatic rings. The van der Waals surface area contributed by atoms with Crippen LogP contribution in [0.1, 0.15) is 140 Å². The van der Waals surface area contributed by atoms with Crippen LogP contribution in [0.2, 0.25) is 10.0 Å². The van der Waals surface area contributed by atoms with Gasteiger partial charge in [-0.1, -0.05) is 233 Å². The summed E-state index contributed by atoms with van der Waals surface area (Å²) in [4.78, 5) is 106. The SMILES string of the molecule is C1=C(c2ccc(-c3ccccc3)cc2)N2CCN=C2S1.CC1(C)CC(=O)C2=C(C1)OC1=C(C(=O)CC(C)(C)C1)C2c1cc(Cl)c(O)c(Cl)c1.CCc1ccc(/C=C2/SC(=S)NC2=O)cc1.COc1cc(/C=C2\SC(=O)NC2=O)ccc1OCC(=O)N1CCCCC1.Cc1ccc(C(=O)NC/C=C/C(=O)c2ccccc2)cc1. The highest BCUT2D eigenvalue weighted by molar-refractivity contribution is 8.26. The molecule has 8 aliphatic rings. The minimum Gasteiger partial charge on any atom is -0.505 e. The zero-order valence-corrected chi connectivity index (χ0v) is 67.9. The number of ether oxygens (including phenoxy) is 3. The van der Waals surface area contributed by atoms with E-state index in [4.69, 9.17) is 49.6 Å². The van der Waals surface area contributed by atoms with Gasteiger partial charge in [-0.05, 0) is 149 Å². The van der Waals surface area contributed by atoms with E-state index in [2.05, 4.69) is 98.8 Å². The number of likely N-dealkylation sites (tertiary alicyclic amines) is 1. The van der Waals surface area contributed by atoms with Crippen LogP contribution in [0.3, 0.4) is 0 Å². The number of rotatable bonds is 15. The number of hydrogen-bond acceptors (Lipinski definition) is 18. The van der Waals surface area contributed by atoms with E-state index in [-0.39, 0.29) is 73.5 Å². The molecule has 0 aromatic heterocycles. The maximum atomic E-state index is 13.2. The molecule has 3 fully saturated rings. The largest absolute Gasteiger partial charge is 0.505 e. The third kappa shape index (κ3) is 21.8. The van der Waals surface area contributed by atoms with E-state index >= 15 is 0 Å². The van der Waals surface area contributed by atoms with Gasteiger partial charge in [-0.15, -0.1) is 0 Å². The molecule has 0 atom stereocenters. The number of phenols is 1. The maximum absolute atomic E-state index is 13.2. The quantitative estimate of drug-likeness (QED) is 0.0424. The number of methoxy groups -OCH3 is 1. The number of imide groups is 1. The maximum Gasteiger partial charge on any atom is 0.290 e. The fourth-order valence-electron chi connectivity index (χ4n) is 13.5. The second-order valence-electron chi connectivity index (χ2n) is 29.0. The number of aryl methyl sites for hydroxylation is 2. The van der Waals surface area contributed by atoms with Crippen LogP contribution >= 0.6 is 70.7 Å². The second-order valence-corrected chi connectivity index (χ2v) is 33.3. The highest BCUT2D eigenvalue weighted by Gasteiger charge is 2.48. The fourth-order valence-corrected chi connectivity index (χ4v) is 16.6. The van der Waals surface area contributed by atoms with Gasteiger partial charge in [0.25, 0.3) is 28.9 Å². The smallest absolute Gasteiger partial charge is 0.290 e. The first-order valence-corrected chi connectivity index (χ1v) is 40.4. The van der Waals surface area contributed by atoms with Crippen molar-refractivity contribution in [2.75, 3.05) is 46.4 Å². The number of thioether (sulfide) groups is 3. The minimum absolute atomic E-state index is 0.0225. The molecular weight excluding hydrogens is 1530 g/mol. The van der Waals surface area contributed by atoms with Gasteiger partial charge in [-0.3, -0.25) is 48.7 Å². The van der Waals surface area contributed by atoms with Gasteiger partial charge < -0.3 is 39.8 Å². The molecule has 0 bridgehead atoms. The van der Waals surface area contributed by atoms with Gasteiger partial charge in [0.05, 0.1) is 39.2 Å². The number of thiocarbonyl (C=S) groups is 1. The van der Waals surface area contributed by atoms with Crippen LogP contribution in [0.4, 0.5) is 4.79 Å². The summed E-state index contributed by atoms with van der Waals surface area (Å²) in [6, 6.07) is 52.1.